The highest BCUT2D eigenvalue weighted by molar-refractivity contribution is 7.09. The smallest absolute Gasteiger partial charge is 0.248 e. The standard InChI is InChI=1S/C23H29F2N7OS/c1-14-26-22(34-30-14)31-11-16-4-5-17(12-31)19(16)27-21-28-20-18(3-2-10-32(20)29-21)33-13-15-6-8-23(24,25)9-7-15/h2-3,10,15-17,19H,4-9,11-13H2,1H3,(H,27,29)/t16-,17+,19-. The fraction of sp³-hybridized carbons (Fsp3) is 0.652. The van der Waals surface area contributed by atoms with Gasteiger partial charge >= 0.3 is 0 Å². The van der Waals surface area contributed by atoms with Crippen molar-refractivity contribution < 1.29 is 13.5 Å². The van der Waals surface area contributed by atoms with Gasteiger partial charge in [-0.05, 0) is 62.5 Å². The summed E-state index contributed by atoms with van der Waals surface area (Å²) in [5, 5.41) is 9.27. The van der Waals surface area contributed by atoms with Crippen molar-refractivity contribution in [3.05, 3.63) is 24.2 Å². The predicted octanol–water partition coefficient (Wildman–Crippen LogP) is 4.42. The molecule has 11 heteroatoms. The van der Waals surface area contributed by atoms with Gasteiger partial charge in [-0.2, -0.15) is 9.36 Å². The van der Waals surface area contributed by atoms with E-state index in [0.717, 1.165) is 24.0 Å². The summed E-state index contributed by atoms with van der Waals surface area (Å²) < 4.78 is 39.0. The molecular formula is C23H29F2N7OS. The lowest BCUT2D eigenvalue weighted by molar-refractivity contribution is -0.0498. The summed E-state index contributed by atoms with van der Waals surface area (Å²) >= 11 is 1.48. The summed E-state index contributed by atoms with van der Waals surface area (Å²) in [6.45, 7) is 4.29. The molecule has 3 aliphatic rings. The highest BCUT2D eigenvalue weighted by atomic mass is 32.1. The second-order valence-corrected chi connectivity index (χ2v) is 10.7. The van der Waals surface area contributed by atoms with E-state index in [9.17, 15) is 8.78 Å². The van der Waals surface area contributed by atoms with Crippen molar-refractivity contribution in [3.63, 3.8) is 0 Å². The zero-order valence-corrected chi connectivity index (χ0v) is 20.0. The number of anilines is 2. The van der Waals surface area contributed by atoms with Crippen LogP contribution in [0.2, 0.25) is 0 Å². The van der Waals surface area contributed by atoms with E-state index < -0.39 is 5.92 Å². The Labute approximate surface area is 200 Å². The molecule has 3 fully saturated rings. The van der Waals surface area contributed by atoms with Crippen LogP contribution < -0.4 is 15.0 Å². The Morgan fingerprint density at radius 3 is 2.62 bits per heavy atom. The van der Waals surface area contributed by atoms with Crippen LogP contribution in [0.25, 0.3) is 5.65 Å². The fourth-order valence-electron chi connectivity index (χ4n) is 5.71. The molecule has 0 radical (unpaired) electrons. The van der Waals surface area contributed by atoms with Crippen LogP contribution in [-0.2, 0) is 0 Å². The third kappa shape index (κ3) is 4.30. The Hall–Kier alpha value is -2.56. The molecule has 0 spiro atoms. The summed E-state index contributed by atoms with van der Waals surface area (Å²) in [4.78, 5) is 11.7. The second-order valence-electron chi connectivity index (χ2n) is 9.98. The topological polar surface area (TPSA) is 80.5 Å². The molecule has 2 bridgehead atoms. The first kappa shape index (κ1) is 21.9. The predicted molar refractivity (Wildman–Crippen MR) is 126 cm³/mol. The van der Waals surface area contributed by atoms with Crippen molar-refractivity contribution >= 4 is 28.3 Å². The molecule has 1 aliphatic heterocycles. The van der Waals surface area contributed by atoms with Crippen LogP contribution in [0.4, 0.5) is 19.9 Å². The van der Waals surface area contributed by atoms with Crippen molar-refractivity contribution in [2.45, 2.75) is 57.4 Å². The van der Waals surface area contributed by atoms with Gasteiger partial charge in [0.15, 0.2) is 11.4 Å². The van der Waals surface area contributed by atoms with Gasteiger partial charge in [0.25, 0.3) is 0 Å². The minimum Gasteiger partial charge on any atom is -0.489 e. The molecule has 2 aliphatic carbocycles. The van der Waals surface area contributed by atoms with Gasteiger partial charge in [0, 0.05) is 49.7 Å². The molecule has 0 unspecified atom stereocenters. The fourth-order valence-corrected chi connectivity index (χ4v) is 6.40. The third-order valence-corrected chi connectivity index (χ3v) is 8.42. The maximum Gasteiger partial charge on any atom is 0.248 e. The van der Waals surface area contributed by atoms with Gasteiger partial charge in [-0.3, -0.25) is 0 Å². The Morgan fingerprint density at radius 1 is 1.15 bits per heavy atom. The molecule has 0 amide bonds. The molecule has 182 valence electrons. The number of nitrogens with one attached hydrogen (secondary N) is 1. The Bertz CT molecular complexity index is 1140. The number of nitrogens with zero attached hydrogens (tertiary/aromatic N) is 6. The Morgan fingerprint density at radius 2 is 1.91 bits per heavy atom. The quantitative estimate of drug-likeness (QED) is 0.549. The van der Waals surface area contributed by atoms with Crippen LogP contribution in [0.3, 0.4) is 0 Å². The summed E-state index contributed by atoms with van der Waals surface area (Å²) in [5.74, 6) is 0.735. The minimum atomic E-state index is -2.52. The van der Waals surface area contributed by atoms with E-state index in [0.29, 0.717) is 54.7 Å². The van der Waals surface area contributed by atoms with Crippen LogP contribution in [-0.4, -0.2) is 55.6 Å². The first-order valence-electron chi connectivity index (χ1n) is 12.1. The molecule has 1 saturated heterocycles. The summed E-state index contributed by atoms with van der Waals surface area (Å²) in [7, 11) is 0. The van der Waals surface area contributed by atoms with Gasteiger partial charge in [0.05, 0.1) is 6.61 Å². The monoisotopic (exact) mass is 489 g/mol. The molecule has 4 heterocycles. The number of piperidine rings is 1. The summed E-state index contributed by atoms with van der Waals surface area (Å²) in [5.41, 5.74) is 0.653. The van der Waals surface area contributed by atoms with Gasteiger partial charge in [0.1, 0.15) is 5.82 Å². The van der Waals surface area contributed by atoms with Crippen LogP contribution in [0.5, 0.6) is 5.75 Å². The number of halogens is 2. The lowest BCUT2D eigenvalue weighted by Gasteiger charge is -2.37. The minimum absolute atomic E-state index is 0.0515. The molecule has 3 aromatic heterocycles. The van der Waals surface area contributed by atoms with Crippen molar-refractivity contribution in [2.75, 3.05) is 29.9 Å². The lowest BCUT2D eigenvalue weighted by Crippen LogP contribution is -2.48. The number of aryl methyl sites for hydroxylation is 1. The molecule has 3 aromatic rings. The summed E-state index contributed by atoms with van der Waals surface area (Å²) in [6.07, 6.45) is 5.10. The van der Waals surface area contributed by atoms with Crippen LogP contribution >= 0.6 is 11.5 Å². The normalized spacial score (nSPS) is 26.8. The molecular weight excluding hydrogens is 460 g/mol. The second kappa shape index (κ2) is 8.58. The van der Waals surface area contributed by atoms with Gasteiger partial charge in [-0.1, -0.05) is 0 Å². The van der Waals surface area contributed by atoms with Crippen molar-refractivity contribution in [1.29, 1.82) is 0 Å². The zero-order valence-electron chi connectivity index (χ0n) is 19.2. The Balaban J connectivity index is 1.12. The van der Waals surface area contributed by atoms with E-state index in [1.54, 1.807) is 4.52 Å². The number of fused-ring (bicyclic) bond motifs is 3. The first-order valence-corrected chi connectivity index (χ1v) is 12.9. The van der Waals surface area contributed by atoms with E-state index in [-0.39, 0.29) is 18.8 Å². The number of hydrogen-bond donors (Lipinski definition) is 1. The average molecular weight is 490 g/mol. The lowest BCUT2D eigenvalue weighted by atomic mass is 9.87. The molecule has 6 rings (SSSR count). The first-order chi connectivity index (χ1) is 16.4. The number of alkyl halides is 2. The molecule has 1 N–H and O–H groups in total. The van der Waals surface area contributed by atoms with Crippen LogP contribution in [0.1, 0.15) is 44.3 Å². The number of hydrogen-bond acceptors (Lipinski definition) is 8. The van der Waals surface area contributed by atoms with Gasteiger partial charge in [-0.15, -0.1) is 5.10 Å². The highest BCUT2D eigenvalue weighted by Gasteiger charge is 2.43. The number of ether oxygens (including phenoxy) is 1. The highest BCUT2D eigenvalue weighted by Crippen LogP contribution is 2.40. The molecule has 3 atom stereocenters. The van der Waals surface area contributed by atoms with E-state index in [4.69, 9.17) is 9.72 Å². The van der Waals surface area contributed by atoms with Crippen LogP contribution in [0.15, 0.2) is 18.3 Å². The van der Waals surface area contributed by atoms with Gasteiger partial charge in [0.2, 0.25) is 17.0 Å². The van der Waals surface area contributed by atoms with Crippen molar-refractivity contribution in [2.24, 2.45) is 17.8 Å². The van der Waals surface area contributed by atoms with Crippen molar-refractivity contribution in [1.82, 2.24) is 24.0 Å². The number of rotatable bonds is 6. The maximum absolute atomic E-state index is 13.4. The third-order valence-electron chi connectivity index (χ3n) is 7.55. The molecule has 8 nitrogen and oxygen atoms in total. The van der Waals surface area contributed by atoms with E-state index in [2.05, 4.69) is 24.7 Å². The Kier molecular flexibility index (Phi) is 5.54. The molecule has 0 aromatic carbocycles. The van der Waals surface area contributed by atoms with E-state index in [1.807, 2.05) is 25.3 Å². The van der Waals surface area contributed by atoms with E-state index in [1.165, 1.54) is 24.4 Å². The average Bonchev–Trinajstić information content (AvgIpc) is 3.49. The van der Waals surface area contributed by atoms with Gasteiger partial charge in [-0.25, -0.2) is 18.3 Å². The molecule has 2 saturated carbocycles. The van der Waals surface area contributed by atoms with Crippen LogP contribution in [0, 0.1) is 24.7 Å². The van der Waals surface area contributed by atoms with Gasteiger partial charge < -0.3 is 15.0 Å². The summed E-state index contributed by atoms with van der Waals surface area (Å²) in [6, 6.07) is 4.08. The SMILES string of the molecule is Cc1nsc(N2C[C@H]3CC[C@@H](C2)[C@@H]3Nc2nc3c(OCC4CCC(F)(F)CC4)cccn3n2)n1. The largest absolute Gasteiger partial charge is 0.489 e. The maximum atomic E-state index is 13.4. The molecule has 34 heavy (non-hydrogen) atoms. The zero-order chi connectivity index (χ0) is 23.3. The number of pyridine rings is 1. The number of aromatic nitrogens is 5. The van der Waals surface area contributed by atoms with Crippen molar-refractivity contribution in [3.8, 4) is 5.75 Å². The van der Waals surface area contributed by atoms with E-state index >= 15 is 0 Å².